The number of nitrogens with zero attached hydrogens (tertiary/aromatic N) is 2. The normalized spacial score (nSPS) is 10.1. The van der Waals surface area contributed by atoms with Crippen molar-refractivity contribution in [2.24, 2.45) is 0 Å². The number of hydrogen-bond acceptors (Lipinski definition) is 4. The second-order valence-corrected chi connectivity index (χ2v) is 4.52. The summed E-state index contributed by atoms with van der Waals surface area (Å²) < 4.78 is 5.53. The van der Waals surface area contributed by atoms with E-state index in [2.05, 4.69) is 20.9 Å². The van der Waals surface area contributed by atoms with Crippen molar-refractivity contribution in [3.8, 4) is 5.88 Å². The van der Waals surface area contributed by atoms with Crippen LogP contribution in [0.15, 0.2) is 47.1 Å². The largest absolute Gasteiger partial charge is 0.480 e. The minimum absolute atomic E-state index is 0.251. The molecule has 0 aliphatic heterocycles. The Morgan fingerprint density at radius 1 is 1.37 bits per heavy atom. The maximum atomic E-state index is 12.0. The molecular weight excluding hydrogens is 312 g/mol. The second-order valence-electron chi connectivity index (χ2n) is 3.67. The van der Waals surface area contributed by atoms with Crippen LogP contribution in [0.3, 0.4) is 0 Å². The summed E-state index contributed by atoms with van der Waals surface area (Å²) in [6.07, 6.45) is 1.35. The lowest BCUT2D eigenvalue weighted by Crippen LogP contribution is -2.27. The second kappa shape index (κ2) is 5.81. The number of amides is 1. The number of hydroxylamine groups is 1. The summed E-state index contributed by atoms with van der Waals surface area (Å²) in [5, 5.41) is 10.5. The molecule has 6 heteroatoms. The maximum Gasteiger partial charge on any atom is 0.282 e. The van der Waals surface area contributed by atoms with Crippen LogP contribution in [0.2, 0.25) is 0 Å². The number of halogens is 1. The monoisotopic (exact) mass is 322 g/mol. The first-order chi connectivity index (χ1) is 9.13. The Hall–Kier alpha value is -1.92. The molecule has 0 aliphatic rings. The lowest BCUT2D eigenvalue weighted by molar-refractivity contribution is 0.0854. The molecule has 0 saturated carbocycles. The molecule has 2 aromatic rings. The summed E-state index contributed by atoms with van der Waals surface area (Å²) >= 11 is 3.24. The molecule has 0 atom stereocenters. The van der Waals surface area contributed by atoms with Crippen LogP contribution in [0.5, 0.6) is 5.88 Å². The zero-order valence-corrected chi connectivity index (χ0v) is 11.7. The van der Waals surface area contributed by atoms with Crippen molar-refractivity contribution in [2.75, 3.05) is 12.2 Å². The first kappa shape index (κ1) is 13.5. The van der Waals surface area contributed by atoms with Crippen molar-refractivity contribution in [1.29, 1.82) is 0 Å². The molecular formula is C13H11BrN2O3. The number of rotatable bonds is 3. The predicted octanol–water partition coefficient (Wildman–Crippen LogP) is 2.89. The maximum absolute atomic E-state index is 12.0. The number of anilines is 1. The highest BCUT2D eigenvalue weighted by atomic mass is 79.9. The fourth-order valence-corrected chi connectivity index (χ4v) is 2.00. The predicted molar refractivity (Wildman–Crippen MR) is 73.5 cm³/mol. The SMILES string of the molecule is COc1ncc(N(O)C(=O)c2ccccc2)cc1Br. The Morgan fingerprint density at radius 3 is 2.63 bits per heavy atom. The van der Waals surface area contributed by atoms with E-state index < -0.39 is 5.91 Å². The van der Waals surface area contributed by atoms with Gasteiger partial charge in [-0.2, -0.15) is 5.06 Å². The first-order valence-corrected chi connectivity index (χ1v) is 6.20. The summed E-state index contributed by atoms with van der Waals surface area (Å²) in [7, 11) is 1.48. The van der Waals surface area contributed by atoms with Crippen LogP contribution in [0.4, 0.5) is 5.69 Å². The van der Waals surface area contributed by atoms with Gasteiger partial charge in [-0.3, -0.25) is 10.0 Å². The van der Waals surface area contributed by atoms with Gasteiger partial charge in [0.15, 0.2) is 0 Å². The first-order valence-electron chi connectivity index (χ1n) is 5.41. The molecule has 1 aromatic carbocycles. The van der Waals surface area contributed by atoms with Crippen molar-refractivity contribution in [1.82, 2.24) is 4.98 Å². The topological polar surface area (TPSA) is 62.7 Å². The highest BCUT2D eigenvalue weighted by Crippen LogP contribution is 2.26. The van der Waals surface area contributed by atoms with E-state index in [1.165, 1.54) is 13.3 Å². The number of carbonyl (C=O) groups is 1. The van der Waals surface area contributed by atoms with Gasteiger partial charge < -0.3 is 4.74 Å². The molecule has 19 heavy (non-hydrogen) atoms. The molecule has 1 amide bonds. The molecule has 0 bridgehead atoms. The summed E-state index contributed by atoms with van der Waals surface area (Å²) in [4.78, 5) is 16.0. The number of benzene rings is 1. The fourth-order valence-electron chi connectivity index (χ4n) is 1.50. The molecule has 1 N–H and O–H groups in total. The van der Waals surface area contributed by atoms with Crippen molar-refractivity contribution in [3.63, 3.8) is 0 Å². The number of aromatic nitrogens is 1. The van der Waals surface area contributed by atoms with E-state index in [-0.39, 0.29) is 5.69 Å². The average Bonchev–Trinajstić information content (AvgIpc) is 2.46. The lowest BCUT2D eigenvalue weighted by Gasteiger charge is -2.15. The number of pyridine rings is 1. The van der Waals surface area contributed by atoms with E-state index in [1.807, 2.05) is 0 Å². The van der Waals surface area contributed by atoms with Crippen molar-refractivity contribution in [2.45, 2.75) is 0 Å². The van der Waals surface area contributed by atoms with Gasteiger partial charge in [0, 0.05) is 5.56 Å². The lowest BCUT2D eigenvalue weighted by atomic mass is 10.2. The molecule has 5 nitrogen and oxygen atoms in total. The number of ether oxygens (including phenoxy) is 1. The van der Waals surface area contributed by atoms with Gasteiger partial charge in [0.1, 0.15) is 0 Å². The molecule has 98 valence electrons. The zero-order valence-electron chi connectivity index (χ0n) is 10.1. The molecule has 2 rings (SSSR count). The van der Waals surface area contributed by atoms with E-state index >= 15 is 0 Å². The summed E-state index contributed by atoms with van der Waals surface area (Å²) in [6.45, 7) is 0. The summed E-state index contributed by atoms with van der Waals surface area (Å²) in [5.74, 6) is -0.149. The van der Waals surface area contributed by atoms with E-state index in [9.17, 15) is 10.0 Å². The van der Waals surface area contributed by atoms with Crippen LogP contribution in [0, 0.1) is 0 Å². The Balaban J connectivity index is 2.27. The quantitative estimate of drug-likeness (QED) is 0.697. The Kier molecular flexibility index (Phi) is 4.13. The Morgan fingerprint density at radius 2 is 2.05 bits per heavy atom. The third-order valence-corrected chi connectivity index (χ3v) is 3.01. The van der Waals surface area contributed by atoms with Gasteiger partial charge in [0.05, 0.1) is 23.5 Å². The van der Waals surface area contributed by atoms with Gasteiger partial charge in [0.2, 0.25) is 5.88 Å². The van der Waals surface area contributed by atoms with Crippen molar-refractivity contribution in [3.05, 3.63) is 52.6 Å². The number of hydrogen-bond donors (Lipinski definition) is 1. The van der Waals surface area contributed by atoms with Gasteiger partial charge >= 0.3 is 0 Å². The number of methoxy groups -OCH3 is 1. The molecule has 0 saturated heterocycles. The molecule has 0 unspecified atom stereocenters. The molecule has 1 aromatic heterocycles. The van der Waals surface area contributed by atoms with Crippen LogP contribution in [-0.4, -0.2) is 23.2 Å². The number of carbonyl (C=O) groups excluding carboxylic acids is 1. The van der Waals surface area contributed by atoms with Crippen LogP contribution < -0.4 is 9.80 Å². The highest BCUT2D eigenvalue weighted by molar-refractivity contribution is 9.10. The van der Waals surface area contributed by atoms with Crippen LogP contribution in [0.25, 0.3) is 0 Å². The molecule has 0 fully saturated rings. The van der Waals surface area contributed by atoms with E-state index in [1.54, 1.807) is 36.4 Å². The molecule has 1 heterocycles. The molecule has 0 radical (unpaired) electrons. The van der Waals surface area contributed by atoms with E-state index in [0.717, 1.165) is 0 Å². The highest BCUT2D eigenvalue weighted by Gasteiger charge is 2.17. The van der Waals surface area contributed by atoms with Crippen LogP contribution in [0.1, 0.15) is 10.4 Å². The standard InChI is InChI=1S/C13H11BrN2O3/c1-19-12-11(14)7-10(8-15-12)16(18)13(17)9-5-3-2-4-6-9/h2-8,18H,1H3. The summed E-state index contributed by atoms with van der Waals surface area (Å²) in [6, 6.07) is 10.0. The Labute approximate surface area is 118 Å². The zero-order chi connectivity index (χ0) is 13.8. The minimum Gasteiger partial charge on any atom is -0.480 e. The smallest absolute Gasteiger partial charge is 0.282 e. The van der Waals surface area contributed by atoms with Gasteiger partial charge in [-0.05, 0) is 34.1 Å². The van der Waals surface area contributed by atoms with Gasteiger partial charge in [-0.25, -0.2) is 4.98 Å². The fraction of sp³-hybridized carbons (Fsp3) is 0.0769. The minimum atomic E-state index is -0.528. The van der Waals surface area contributed by atoms with E-state index in [0.29, 0.717) is 21.0 Å². The Bertz CT molecular complexity index is 590. The van der Waals surface area contributed by atoms with Gasteiger partial charge in [-0.1, -0.05) is 18.2 Å². The van der Waals surface area contributed by atoms with E-state index in [4.69, 9.17) is 4.74 Å². The third kappa shape index (κ3) is 2.91. The van der Waals surface area contributed by atoms with Gasteiger partial charge in [0.25, 0.3) is 5.91 Å². The van der Waals surface area contributed by atoms with Crippen LogP contribution in [-0.2, 0) is 0 Å². The molecule has 0 spiro atoms. The average molecular weight is 323 g/mol. The van der Waals surface area contributed by atoms with Crippen LogP contribution >= 0.6 is 15.9 Å². The van der Waals surface area contributed by atoms with Crippen molar-refractivity contribution >= 4 is 27.5 Å². The van der Waals surface area contributed by atoms with Crippen molar-refractivity contribution < 1.29 is 14.7 Å². The molecule has 0 aliphatic carbocycles. The van der Waals surface area contributed by atoms with Gasteiger partial charge in [-0.15, -0.1) is 0 Å². The summed E-state index contributed by atoms with van der Waals surface area (Å²) in [5.41, 5.74) is 0.637. The third-order valence-electron chi connectivity index (χ3n) is 2.44.